The number of halogens is 1. The molecule has 2 rings (SSSR count). The summed E-state index contributed by atoms with van der Waals surface area (Å²) >= 11 is 0. The molecule has 2 aromatic rings. The number of amides is 1. The molecule has 0 aromatic heterocycles. The topological polar surface area (TPSA) is 66.5 Å². The highest BCUT2D eigenvalue weighted by Gasteiger charge is 2.17. The molecule has 0 saturated carbocycles. The van der Waals surface area contributed by atoms with Crippen LogP contribution in [0.25, 0.3) is 0 Å². The van der Waals surface area contributed by atoms with E-state index in [2.05, 4.69) is 5.32 Å². The molecule has 5 nitrogen and oxygen atoms in total. The van der Waals surface area contributed by atoms with Gasteiger partial charge in [0.15, 0.2) is 0 Å². The van der Waals surface area contributed by atoms with E-state index in [0.29, 0.717) is 0 Å². The highest BCUT2D eigenvalue weighted by molar-refractivity contribution is 7.92. The first-order valence-corrected chi connectivity index (χ1v) is 9.66. The molecular formula is C18H21FN2O3S. The van der Waals surface area contributed by atoms with Gasteiger partial charge in [-0.1, -0.05) is 35.9 Å². The molecule has 0 radical (unpaired) electrons. The molecule has 0 heterocycles. The van der Waals surface area contributed by atoms with Crippen LogP contribution in [0.5, 0.6) is 0 Å². The maximum atomic E-state index is 13.3. The van der Waals surface area contributed by atoms with Crippen molar-refractivity contribution in [2.24, 2.45) is 0 Å². The molecule has 7 heteroatoms. The summed E-state index contributed by atoms with van der Waals surface area (Å²) in [5, 5.41) is 2.69. The Balaban J connectivity index is 1.95. The second-order valence-electron chi connectivity index (χ2n) is 5.83. The quantitative estimate of drug-likeness (QED) is 0.819. The molecular weight excluding hydrogens is 343 g/mol. The smallest absolute Gasteiger partial charge is 0.232 e. The van der Waals surface area contributed by atoms with Crippen molar-refractivity contribution < 1.29 is 17.6 Å². The first-order valence-electron chi connectivity index (χ1n) is 7.81. The third-order valence-electron chi connectivity index (χ3n) is 3.62. The van der Waals surface area contributed by atoms with Crippen molar-refractivity contribution in [3.05, 3.63) is 65.5 Å². The Bertz CT molecular complexity index is 836. The molecule has 134 valence electrons. The van der Waals surface area contributed by atoms with E-state index < -0.39 is 15.8 Å². The minimum absolute atomic E-state index is 0.0297. The normalized spacial score (nSPS) is 11.2. The Kier molecular flexibility index (Phi) is 6.14. The zero-order chi connectivity index (χ0) is 18.4. The van der Waals surface area contributed by atoms with Crippen LogP contribution >= 0.6 is 0 Å². The molecule has 2 aromatic carbocycles. The van der Waals surface area contributed by atoms with Gasteiger partial charge >= 0.3 is 0 Å². The number of carbonyl (C=O) groups excluding carboxylic acids is 1. The Morgan fingerprint density at radius 3 is 2.44 bits per heavy atom. The fraction of sp³-hybridized carbons (Fsp3) is 0.278. The van der Waals surface area contributed by atoms with Crippen LogP contribution in [0, 0.1) is 12.7 Å². The lowest BCUT2D eigenvalue weighted by molar-refractivity contribution is -0.120. The van der Waals surface area contributed by atoms with E-state index in [4.69, 9.17) is 0 Å². The summed E-state index contributed by atoms with van der Waals surface area (Å²) in [6, 6.07) is 13.0. The Hall–Kier alpha value is -2.41. The summed E-state index contributed by atoms with van der Waals surface area (Å²) in [4.78, 5) is 12.0. The largest absolute Gasteiger partial charge is 0.354 e. The average Bonchev–Trinajstić information content (AvgIpc) is 2.52. The van der Waals surface area contributed by atoms with Gasteiger partial charge in [-0.05, 0) is 30.7 Å². The fourth-order valence-electron chi connectivity index (χ4n) is 2.37. The van der Waals surface area contributed by atoms with Crippen molar-refractivity contribution in [3.63, 3.8) is 0 Å². The van der Waals surface area contributed by atoms with Crippen molar-refractivity contribution in [2.75, 3.05) is 23.7 Å². The Labute approximate surface area is 147 Å². The molecule has 0 unspecified atom stereocenters. The van der Waals surface area contributed by atoms with Crippen molar-refractivity contribution >= 4 is 21.6 Å². The number of hydrogen-bond donors (Lipinski definition) is 1. The zero-order valence-electron chi connectivity index (χ0n) is 14.2. The van der Waals surface area contributed by atoms with Crippen LogP contribution in [0.1, 0.15) is 11.1 Å². The van der Waals surface area contributed by atoms with Gasteiger partial charge in [0.2, 0.25) is 15.9 Å². The summed E-state index contributed by atoms with van der Waals surface area (Å²) < 4.78 is 38.3. The van der Waals surface area contributed by atoms with Crippen molar-refractivity contribution in [1.82, 2.24) is 5.32 Å². The molecule has 0 aliphatic carbocycles. The van der Waals surface area contributed by atoms with Crippen LogP contribution in [0.2, 0.25) is 0 Å². The van der Waals surface area contributed by atoms with Gasteiger partial charge in [0.1, 0.15) is 5.82 Å². The number of hydrogen-bond acceptors (Lipinski definition) is 3. The van der Waals surface area contributed by atoms with Crippen LogP contribution in [0.15, 0.2) is 48.5 Å². The number of benzene rings is 2. The molecule has 1 N–H and O–H groups in total. The first kappa shape index (κ1) is 18.9. The Morgan fingerprint density at radius 2 is 1.84 bits per heavy atom. The number of sulfonamides is 1. The fourth-order valence-corrected chi connectivity index (χ4v) is 3.29. The van der Waals surface area contributed by atoms with Crippen LogP contribution in [-0.2, 0) is 21.2 Å². The van der Waals surface area contributed by atoms with Gasteiger partial charge in [-0.3, -0.25) is 9.10 Å². The molecule has 25 heavy (non-hydrogen) atoms. The summed E-state index contributed by atoms with van der Waals surface area (Å²) in [5.41, 5.74) is 2.23. The molecule has 1 amide bonds. The average molecular weight is 364 g/mol. The predicted molar refractivity (Wildman–Crippen MR) is 96.5 cm³/mol. The molecule has 0 atom stereocenters. The van der Waals surface area contributed by atoms with E-state index in [1.807, 2.05) is 31.2 Å². The third kappa shape index (κ3) is 5.86. The highest BCUT2D eigenvalue weighted by Crippen LogP contribution is 2.18. The second kappa shape index (κ2) is 8.11. The van der Waals surface area contributed by atoms with Gasteiger partial charge in [0.25, 0.3) is 0 Å². The van der Waals surface area contributed by atoms with Crippen LogP contribution < -0.4 is 9.62 Å². The van der Waals surface area contributed by atoms with Crippen LogP contribution in [0.3, 0.4) is 0 Å². The van der Waals surface area contributed by atoms with E-state index in [1.165, 1.54) is 18.2 Å². The zero-order valence-corrected chi connectivity index (χ0v) is 15.0. The molecule has 0 saturated heterocycles. The van der Waals surface area contributed by atoms with Crippen molar-refractivity contribution in [1.29, 1.82) is 0 Å². The minimum Gasteiger partial charge on any atom is -0.354 e. The lowest BCUT2D eigenvalue weighted by Crippen LogP contribution is -2.38. The van der Waals surface area contributed by atoms with E-state index in [-0.39, 0.29) is 31.1 Å². The number of anilines is 1. The van der Waals surface area contributed by atoms with Gasteiger partial charge in [-0.25, -0.2) is 12.8 Å². The summed E-state index contributed by atoms with van der Waals surface area (Å²) in [6.07, 6.45) is 1.27. The predicted octanol–water partition coefficient (Wildman–Crippen LogP) is 2.26. The molecule has 0 aliphatic heterocycles. The van der Waals surface area contributed by atoms with E-state index in [9.17, 15) is 17.6 Å². The van der Waals surface area contributed by atoms with Gasteiger partial charge in [0, 0.05) is 6.54 Å². The second-order valence-corrected chi connectivity index (χ2v) is 7.73. The van der Waals surface area contributed by atoms with Gasteiger partial charge < -0.3 is 5.32 Å². The standard InChI is InChI=1S/C18H21FN2O3S/c1-14-6-8-15(9-7-14)12-18(22)20-10-11-21(25(2,23)24)17-5-3-4-16(19)13-17/h3-9,13H,10-12H2,1-2H3,(H,20,22). The number of carbonyl (C=O) groups is 1. The van der Waals surface area contributed by atoms with Gasteiger partial charge in [-0.15, -0.1) is 0 Å². The van der Waals surface area contributed by atoms with Crippen LogP contribution in [0.4, 0.5) is 10.1 Å². The Morgan fingerprint density at radius 1 is 1.16 bits per heavy atom. The number of aryl methyl sites for hydroxylation is 1. The number of nitrogens with zero attached hydrogens (tertiary/aromatic N) is 1. The van der Waals surface area contributed by atoms with Crippen LogP contribution in [-0.4, -0.2) is 33.7 Å². The first-order chi connectivity index (χ1) is 11.8. The summed E-state index contributed by atoms with van der Waals surface area (Å²) in [5.74, 6) is -0.717. The summed E-state index contributed by atoms with van der Waals surface area (Å²) in [7, 11) is -3.58. The molecule has 0 bridgehead atoms. The van der Waals surface area contributed by atoms with Gasteiger partial charge in [-0.2, -0.15) is 0 Å². The minimum atomic E-state index is -3.58. The SMILES string of the molecule is Cc1ccc(CC(=O)NCCN(c2cccc(F)c2)S(C)(=O)=O)cc1. The van der Waals surface area contributed by atoms with E-state index in [0.717, 1.165) is 27.8 Å². The van der Waals surface area contributed by atoms with E-state index in [1.54, 1.807) is 0 Å². The maximum absolute atomic E-state index is 13.3. The lowest BCUT2D eigenvalue weighted by Gasteiger charge is -2.22. The molecule has 0 spiro atoms. The monoisotopic (exact) mass is 364 g/mol. The van der Waals surface area contributed by atoms with E-state index >= 15 is 0 Å². The number of nitrogens with one attached hydrogen (secondary N) is 1. The maximum Gasteiger partial charge on any atom is 0.232 e. The molecule has 0 fully saturated rings. The van der Waals surface area contributed by atoms with Crippen molar-refractivity contribution in [3.8, 4) is 0 Å². The summed E-state index contributed by atoms with van der Waals surface area (Å²) in [6.45, 7) is 2.13. The van der Waals surface area contributed by atoms with Crippen molar-refractivity contribution in [2.45, 2.75) is 13.3 Å². The lowest BCUT2D eigenvalue weighted by atomic mass is 10.1. The third-order valence-corrected chi connectivity index (χ3v) is 4.81. The van der Waals surface area contributed by atoms with Gasteiger partial charge in [0.05, 0.1) is 24.9 Å². The molecule has 0 aliphatic rings. The highest BCUT2D eigenvalue weighted by atomic mass is 32.2. The number of rotatable bonds is 7.